The zero-order valence-electron chi connectivity index (χ0n) is 10.1. The molecular weight excluding hydrogens is 218 g/mol. The molecule has 0 spiro atoms. The van der Waals surface area contributed by atoms with Crippen molar-refractivity contribution < 1.29 is 9.53 Å². The van der Waals surface area contributed by atoms with E-state index in [1.165, 1.54) is 0 Å². The minimum Gasteiger partial charge on any atom is -0.497 e. The van der Waals surface area contributed by atoms with Gasteiger partial charge in [-0.15, -0.1) is 0 Å². The third-order valence-corrected chi connectivity index (χ3v) is 3.04. The fraction of sp³-hybridized carbons (Fsp3) is 0.417. The van der Waals surface area contributed by atoms with Crippen LogP contribution in [0.2, 0.25) is 0 Å². The number of hydrogen-bond acceptors (Lipinski definition) is 4. The topological polar surface area (TPSA) is 67.6 Å². The van der Waals surface area contributed by atoms with Gasteiger partial charge in [0.2, 0.25) is 5.91 Å². The van der Waals surface area contributed by atoms with Gasteiger partial charge in [-0.05, 0) is 19.1 Å². The second-order valence-corrected chi connectivity index (χ2v) is 4.09. The van der Waals surface area contributed by atoms with Crippen molar-refractivity contribution in [3.8, 4) is 5.75 Å². The molecule has 1 aliphatic heterocycles. The summed E-state index contributed by atoms with van der Waals surface area (Å²) in [6.07, 6.45) is 0. The number of carbonyl (C=O) groups excluding carboxylic acids is 1. The molecule has 0 aromatic heterocycles. The first-order valence-corrected chi connectivity index (χ1v) is 5.61. The van der Waals surface area contributed by atoms with Gasteiger partial charge in [0, 0.05) is 19.2 Å². The summed E-state index contributed by atoms with van der Waals surface area (Å²) in [7, 11) is 1.60. The summed E-state index contributed by atoms with van der Waals surface area (Å²) in [6.45, 7) is 3.29. The Morgan fingerprint density at radius 3 is 2.94 bits per heavy atom. The number of amides is 1. The summed E-state index contributed by atoms with van der Waals surface area (Å²) in [5.41, 5.74) is 7.50. The first kappa shape index (κ1) is 11.6. The molecule has 0 bridgehead atoms. The predicted octanol–water partition coefficient (Wildman–Crippen LogP) is 0.602. The monoisotopic (exact) mass is 235 g/mol. The van der Waals surface area contributed by atoms with Gasteiger partial charge in [0.25, 0.3) is 0 Å². The van der Waals surface area contributed by atoms with Gasteiger partial charge in [0.05, 0.1) is 18.5 Å². The molecule has 1 fully saturated rings. The van der Waals surface area contributed by atoms with Crippen LogP contribution in [0.5, 0.6) is 5.75 Å². The summed E-state index contributed by atoms with van der Waals surface area (Å²) < 4.78 is 5.11. The van der Waals surface area contributed by atoms with Gasteiger partial charge in [-0.2, -0.15) is 0 Å². The van der Waals surface area contributed by atoms with Crippen molar-refractivity contribution in [3.05, 3.63) is 18.2 Å². The number of ether oxygens (including phenoxy) is 1. The zero-order chi connectivity index (χ0) is 12.4. The molecule has 1 amide bonds. The number of methoxy groups -OCH3 is 1. The van der Waals surface area contributed by atoms with Crippen LogP contribution in [0.3, 0.4) is 0 Å². The first-order valence-electron chi connectivity index (χ1n) is 5.61. The Kier molecular flexibility index (Phi) is 3.08. The largest absolute Gasteiger partial charge is 0.497 e. The number of nitrogens with zero attached hydrogens (tertiary/aromatic N) is 1. The smallest absolute Gasteiger partial charge is 0.242 e. The van der Waals surface area contributed by atoms with Crippen LogP contribution in [0.15, 0.2) is 18.2 Å². The highest BCUT2D eigenvalue weighted by atomic mass is 16.5. The summed E-state index contributed by atoms with van der Waals surface area (Å²) in [5.74, 6) is 0.756. The van der Waals surface area contributed by atoms with Gasteiger partial charge in [-0.1, -0.05) is 0 Å². The van der Waals surface area contributed by atoms with Crippen LogP contribution in [0.4, 0.5) is 11.4 Å². The van der Waals surface area contributed by atoms with Crippen LogP contribution >= 0.6 is 0 Å². The lowest BCUT2D eigenvalue weighted by atomic mass is 10.1. The highest BCUT2D eigenvalue weighted by Crippen LogP contribution is 2.29. The molecule has 1 aliphatic rings. The van der Waals surface area contributed by atoms with Crippen LogP contribution in [0.25, 0.3) is 0 Å². The summed E-state index contributed by atoms with van der Waals surface area (Å²) in [5, 5.41) is 2.83. The Hall–Kier alpha value is -1.91. The van der Waals surface area contributed by atoms with E-state index in [2.05, 4.69) is 5.32 Å². The number of rotatable bonds is 2. The molecule has 3 N–H and O–H groups in total. The van der Waals surface area contributed by atoms with E-state index in [9.17, 15) is 4.79 Å². The average Bonchev–Trinajstić information content (AvgIpc) is 2.33. The van der Waals surface area contributed by atoms with Gasteiger partial charge < -0.3 is 20.7 Å². The molecule has 17 heavy (non-hydrogen) atoms. The lowest BCUT2D eigenvalue weighted by Gasteiger charge is -2.35. The average molecular weight is 235 g/mol. The number of benzene rings is 1. The van der Waals surface area contributed by atoms with Crippen molar-refractivity contribution >= 4 is 17.3 Å². The highest BCUT2D eigenvalue weighted by Gasteiger charge is 2.26. The molecule has 92 valence electrons. The quantitative estimate of drug-likeness (QED) is 0.737. The Labute approximate surface area is 101 Å². The number of nitrogens with two attached hydrogens (primary N) is 1. The summed E-state index contributed by atoms with van der Waals surface area (Å²) in [6, 6.07) is 5.32. The van der Waals surface area contributed by atoms with Gasteiger partial charge in [-0.3, -0.25) is 4.79 Å². The van der Waals surface area contributed by atoms with Crippen molar-refractivity contribution in [1.29, 1.82) is 0 Å². The van der Waals surface area contributed by atoms with Crippen molar-refractivity contribution in [3.63, 3.8) is 0 Å². The molecule has 1 saturated heterocycles. The minimum atomic E-state index is -0.195. The number of nitrogen functional groups attached to an aromatic ring is 1. The van der Waals surface area contributed by atoms with Crippen LogP contribution in [-0.2, 0) is 4.79 Å². The molecule has 1 unspecified atom stereocenters. The molecule has 1 heterocycles. The lowest BCUT2D eigenvalue weighted by molar-refractivity contribution is -0.122. The van der Waals surface area contributed by atoms with E-state index in [0.717, 1.165) is 18.0 Å². The molecule has 0 aliphatic carbocycles. The SMILES string of the molecule is COc1ccc(N2CCNC(=O)C2C)c(N)c1. The second-order valence-electron chi connectivity index (χ2n) is 4.09. The van der Waals surface area contributed by atoms with Crippen LogP contribution in [-0.4, -0.2) is 32.1 Å². The maximum Gasteiger partial charge on any atom is 0.242 e. The third kappa shape index (κ3) is 2.13. The molecule has 0 radical (unpaired) electrons. The molecule has 5 heteroatoms. The normalized spacial score (nSPS) is 20.0. The van der Waals surface area contributed by atoms with Crippen molar-refractivity contribution in [1.82, 2.24) is 5.32 Å². The van der Waals surface area contributed by atoms with Crippen molar-refractivity contribution in [2.45, 2.75) is 13.0 Å². The number of hydrogen-bond donors (Lipinski definition) is 2. The number of carbonyl (C=O) groups is 1. The van der Waals surface area contributed by atoms with Crippen molar-refractivity contribution in [2.24, 2.45) is 0 Å². The van der Waals surface area contributed by atoms with E-state index in [1.807, 2.05) is 24.0 Å². The molecule has 1 aromatic carbocycles. The molecule has 1 aromatic rings. The number of anilines is 2. The van der Waals surface area contributed by atoms with Gasteiger partial charge in [-0.25, -0.2) is 0 Å². The van der Waals surface area contributed by atoms with Gasteiger partial charge in [0.1, 0.15) is 11.8 Å². The Morgan fingerprint density at radius 1 is 1.53 bits per heavy atom. The lowest BCUT2D eigenvalue weighted by Crippen LogP contribution is -2.54. The third-order valence-electron chi connectivity index (χ3n) is 3.04. The van der Waals surface area contributed by atoms with Crippen LogP contribution in [0.1, 0.15) is 6.92 Å². The van der Waals surface area contributed by atoms with Crippen LogP contribution in [0, 0.1) is 0 Å². The molecule has 0 saturated carbocycles. The van der Waals surface area contributed by atoms with Crippen molar-refractivity contribution in [2.75, 3.05) is 30.8 Å². The zero-order valence-corrected chi connectivity index (χ0v) is 10.1. The van der Waals surface area contributed by atoms with E-state index in [4.69, 9.17) is 10.5 Å². The van der Waals surface area contributed by atoms with E-state index < -0.39 is 0 Å². The summed E-state index contributed by atoms with van der Waals surface area (Å²) in [4.78, 5) is 13.6. The predicted molar refractivity (Wildman–Crippen MR) is 67.2 cm³/mol. The summed E-state index contributed by atoms with van der Waals surface area (Å²) >= 11 is 0. The van der Waals surface area contributed by atoms with E-state index >= 15 is 0 Å². The Bertz CT molecular complexity index is 434. The fourth-order valence-corrected chi connectivity index (χ4v) is 2.03. The molecule has 5 nitrogen and oxygen atoms in total. The van der Waals surface area contributed by atoms with E-state index in [0.29, 0.717) is 12.2 Å². The standard InChI is InChI=1S/C12H17N3O2/c1-8-12(16)14-5-6-15(8)11-4-3-9(17-2)7-10(11)13/h3-4,7-8H,5-6,13H2,1-2H3,(H,14,16). The van der Waals surface area contributed by atoms with E-state index in [-0.39, 0.29) is 11.9 Å². The second kappa shape index (κ2) is 4.53. The first-order chi connectivity index (χ1) is 8.13. The Morgan fingerprint density at radius 2 is 2.29 bits per heavy atom. The minimum absolute atomic E-state index is 0.0338. The molecular formula is C12H17N3O2. The van der Waals surface area contributed by atoms with Gasteiger partial charge in [0.15, 0.2) is 0 Å². The maximum atomic E-state index is 11.6. The van der Waals surface area contributed by atoms with Crippen LogP contribution < -0.4 is 20.7 Å². The molecule has 1 atom stereocenters. The van der Waals surface area contributed by atoms with E-state index in [1.54, 1.807) is 13.2 Å². The fourth-order valence-electron chi connectivity index (χ4n) is 2.03. The Balaban J connectivity index is 2.30. The molecule has 2 rings (SSSR count). The maximum absolute atomic E-state index is 11.6. The highest BCUT2D eigenvalue weighted by molar-refractivity contribution is 5.87. The van der Waals surface area contributed by atoms with Gasteiger partial charge >= 0.3 is 0 Å². The number of piperazine rings is 1. The number of nitrogens with one attached hydrogen (secondary N) is 1.